The first kappa shape index (κ1) is 19.6. The summed E-state index contributed by atoms with van der Waals surface area (Å²) >= 11 is 0. The highest BCUT2D eigenvalue weighted by molar-refractivity contribution is 5.59. The van der Waals surface area contributed by atoms with E-state index in [1.807, 2.05) is 18.2 Å². The first-order valence-electron chi connectivity index (χ1n) is 9.05. The Kier molecular flexibility index (Phi) is 7.26. The second-order valence-electron chi connectivity index (χ2n) is 6.53. The lowest BCUT2D eigenvalue weighted by atomic mass is 10.0. The lowest BCUT2D eigenvalue weighted by molar-refractivity contribution is -0.384. The molecule has 0 aromatic heterocycles. The van der Waals surface area contributed by atoms with E-state index in [1.165, 1.54) is 30.5 Å². The van der Waals surface area contributed by atoms with Crippen molar-refractivity contribution in [1.29, 1.82) is 0 Å². The van der Waals surface area contributed by atoms with Gasteiger partial charge in [0.1, 0.15) is 0 Å². The van der Waals surface area contributed by atoms with Gasteiger partial charge in [-0.3, -0.25) is 10.1 Å². The summed E-state index contributed by atoms with van der Waals surface area (Å²) in [4.78, 5) is 10.3. The Morgan fingerprint density at radius 1 is 1.04 bits per heavy atom. The smallest absolute Gasteiger partial charge is 0.269 e. The predicted octanol–water partition coefficient (Wildman–Crippen LogP) is 6.74. The fourth-order valence-corrected chi connectivity index (χ4v) is 2.61. The van der Waals surface area contributed by atoms with Crippen molar-refractivity contribution in [3.63, 3.8) is 0 Å². The molecular weight excluding hydrogens is 328 g/mol. The molecule has 0 aliphatic rings. The maximum atomic E-state index is 10.7. The van der Waals surface area contributed by atoms with Gasteiger partial charge in [0.2, 0.25) is 0 Å². The molecule has 0 aliphatic heterocycles. The summed E-state index contributed by atoms with van der Waals surface area (Å²) < 4.78 is 0. The van der Waals surface area contributed by atoms with Gasteiger partial charge in [0, 0.05) is 24.4 Å². The number of rotatable bonds is 9. The van der Waals surface area contributed by atoms with Gasteiger partial charge in [-0.2, -0.15) is 10.2 Å². The van der Waals surface area contributed by atoms with Gasteiger partial charge in [0.25, 0.3) is 5.69 Å². The molecule has 0 radical (unpaired) electrons. The van der Waals surface area contributed by atoms with Crippen LogP contribution in [-0.2, 0) is 0 Å². The average Bonchev–Trinajstić information content (AvgIpc) is 2.64. The summed E-state index contributed by atoms with van der Waals surface area (Å²) in [5.41, 5.74) is 3.76. The molecule has 0 saturated heterocycles. The maximum absolute atomic E-state index is 10.7. The Morgan fingerprint density at radius 3 is 2.31 bits per heavy atom. The Bertz CT molecular complexity index is 755. The lowest BCUT2D eigenvalue weighted by Crippen LogP contribution is -2.04. The minimum Gasteiger partial charge on any atom is -0.385 e. The zero-order chi connectivity index (χ0) is 18.9. The van der Waals surface area contributed by atoms with Crippen molar-refractivity contribution in [2.45, 2.75) is 46.0 Å². The van der Waals surface area contributed by atoms with Crippen molar-refractivity contribution in [3.8, 4) is 0 Å². The third-order valence-electron chi connectivity index (χ3n) is 4.09. The normalized spacial score (nSPS) is 11.2. The molecular formula is C20H26N4O2. The van der Waals surface area contributed by atoms with Crippen LogP contribution < -0.4 is 5.32 Å². The van der Waals surface area contributed by atoms with Crippen LogP contribution in [-0.4, -0.2) is 11.5 Å². The second-order valence-corrected chi connectivity index (χ2v) is 6.53. The highest BCUT2D eigenvalue weighted by atomic mass is 16.6. The quantitative estimate of drug-likeness (QED) is 0.234. The summed E-state index contributed by atoms with van der Waals surface area (Å²) in [6, 6.07) is 12.1. The number of unbranched alkanes of at least 4 members (excludes halogenated alkanes) is 2. The van der Waals surface area contributed by atoms with Crippen molar-refractivity contribution in [2.24, 2.45) is 10.2 Å². The van der Waals surface area contributed by atoms with E-state index in [1.54, 1.807) is 12.1 Å². The molecule has 0 spiro atoms. The van der Waals surface area contributed by atoms with E-state index >= 15 is 0 Å². The van der Waals surface area contributed by atoms with Crippen LogP contribution >= 0.6 is 0 Å². The molecule has 0 atom stereocenters. The molecule has 2 rings (SSSR count). The summed E-state index contributed by atoms with van der Waals surface area (Å²) in [6.07, 6.45) is 3.60. The molecule has 6 nitrogen and oxygen atoms in total. The summed E-state index contributed by atoms with van der Waals surface area (Å²) in [5.74, 6) is 0.373. The minimum absolute atomic E-state index is 0.0459. The topological polar surface area (TPSA) is 79.9 Å². The van der Waals surface area contributed by atoms with E-state index in [0.717, 1.165) is 24.3 Å². The molecule has 0 bridgehead atoms. The number of benzene rings is 2. The zero-order valence-electron chi connectivity index (χ0n) is 15.6. The Morgan fingerprint density at radius 2 is 1.69 bits per heavy atom. The molecule has 0 fully saturated rings. The highest BCUT2D eigenvalue weighted by Gasteiger charge is 2.08. The Hall–Kier alpha value is -2.76. The summed E-state index contributed by atoms with van der Waals surface area (Å²) in [6.45, 7) is 7.48. The molecule has 26 heavy (non-hydrogen) atoms. The largest absolute Gasteiger partial charge is 0.385 e. The standard InChI is InChI=1S/C20H26N4O2/c1-4-5-6-13-21-20-12-9-17(14-19(20)15(2)3)23-22-16-7-10-18(11-8-16)24(25)26/h7-12,14-15,21H,4-6,13H2,1-3H3. The van der Waals surface area contributed by atoms with Crippen LogP contribution in [0.1, 0.15) is 51.5 Å². The van der Waals surface area contributed by atoms with Crippen molar-refractivity contribution >= 4 is 22.7 Å². The number of non-ortho nitro benzene ring substituents is 1. The van der Waals surface area contributed by atoms with Crippen molar-refractivity contribution in [1.82, 2.24) is 0 Å². The van der Waals surface area contributed by atoms with E-state index in [2.05, 4.69) is 36.3 Å². The molecule has 0 heterocycles. The number of azo groups is 1. The number of hydrogen-bond donors (Lipinski definition) is 1. The maximum Gasteiger partial charge on any atom is 0.269 e. The van der Waals surface area contributed by atoms with E-state index < -0.39 is 4.92 Å². The van der Waals surface area contributed by atoms with E-state index in [-0.39, 0.29) is 5.69 Å². The van der Waals surface area contributed by atoms with E-state index in [0.29, 0.717) is 11.6 Å². The van der Waals surface area contributed by atoms with Gasteiger partial charge >= 0.3 is 0 Å². The molecule has 0 amide bonds. The molecule has 2 aromatic rings. The van der Waals surface area contributed by atoms with Crippen molar-refractivity contribution < 1.29 is 4.92 Å². The second kappa shape index (κ2) is 9.65. The monoisotopic (exact) mass is 354 g/mol. The number of nitrogens with zero attached hydrogens (tertiary/aromatic N) is 3. The Balaban J connectivity index is 2.11. The molecule has 138 valence electrons. The molecule has 0 aliphatic carbocycles. The number of anilines is 1. The fraction of sp³-hybridized carbons (Fsp3) is 0.400. The van der Waals surface area contributed by atoms with Gasteiger partial charge in [-0.1, -0.05) is 33.6 Å². The molecule has 6 heteroatoms. The van der Waals surface area contributed by atoms with Crippen LogP contribution in [0.25, 0.3) is 0 Å². The molecule has 0 saturated carbocycles. The molecule has 2 aromatic carbocycles. The third kappa shape index (κ3) is 5.65. The summed E-state index contributed by atoms with van der Waals surface area (Å²) in [7, 11) is 0. The van der Waals surface area contributed by atoms with Crippen molar-refractivity contribution in [2.75, 3.05) is 11.9 Å². The minimum atomic E-state index is -0.429. The van der Waals surface area contributed by atoms with Crippen LogP contribution in [0.5, 0.6) is 0 Å². The number of nitro groups is 1. The zero-order valence-corrected chi connectivity index (χ0v) is 15.6. The van der Waals surface area contributed by atoms with Crippen molar-refractivity contribution in [3.05, 3.63) is 58.1 Å². The van der Waals surface area contributed by atoms with Crippen LogP contribution in [0.2, 0.25) is 0 Å². The van der Waals surface area contributed by atoms with Gasteiger partial charge in [0.05, 0.1) is 16.3 Å². The van der Waals surface area contributed by atoms with Crippen LogP contribution in [0.3, 0.4) is 0 Å². The third-order valence-corrected chi connectivity index (χ3v) is 4.09. The number of nitro benzene ring substituents is 1. The van der Waals surface area contributed by atoms with Crippen LogP contribution in [0.4, 0.5) is 22.7 Å². The van der Waals surface area contributed by atoms with Gasteiger partial charge in [-0.25, -0.2) is 0 Å². The molecule has 1 N–H and O–H groups in total. The van der Waals surface area contributed by atoms with Gasteiger partial charge < -0.3 is 5.32 Å². The Labute approximate surface area is 154 Å². The van der Waals surface area contributed by atoms with Crippen LogP contribution in [0, 0.1) is 10.1 Å². The van der Waals surface area contributed by atoms with Crippen LogP contribution in [0.15, 0.2) is 52.7 Å². The highest BCUT2D eigenvalue weighted by Crippen LogP contribution is 2.30. The summed E-state index contributed by atoms with van der Waals surface area (Å²) in [5, 5.41) is 22.6. The SMILES string of the molecule is CCCCCNc1ccc(N=Nc2ccc([N+](=O)[O-])cc2)cc1C(C)C. The van der Waals surface area contributed by atoms with Gasteiger partial charge in [-0.05, 0) is 48.2 Å². The first-order valence-corrected chi connectivity index (χ1v) is 9.05. The fourth-order valence-electron chi connectivity index (χ4n) is 2.61. The van der Waals surface area contributed by atoms with E-state index in [4.69, 9.17) is 0 Å². The average molecular weight is 354 g/mol. The first-order chi connectivity index (χ1) is 12.5. The number of nitrogens with one attached hydrogen (secondary N) is 1. The van der Waals surface area contributed by atoms with Gasteiger partial charge in [-0.15, -0.1) is 0 Å². The predicted molar refractivity (Wildman–Crippen MR) is 106 cm³/mol. The van der Waals surface area contributed by atoms with E-state index in [9.17, 15) is 10.1 Å². The lowest BCUT2D eigenvalue weighted by Gasteiger charge is -2.15. The molecule has 0 unspecified atom stereocenters. The number of hydrogen-bond acceptors (Lipinski definition) is 5. The van der Waals surface area contributed by atoms with Gasteiger partial charge in [0.15, 0.2) is 0 Å².